The zero-order valence-electron chi connectivity index (χ0n) is 17.6. The number of hydrogen-bond acceptors (Lipinski definition) is 3. The lowest BCUT2D eigenvalue weighted by Crippen LogP contribution is -2.51. The smallest absolute Gasteiger partial charge is 0.226 e. The van der Waals surface area contributed by atoms with Gasteiger partial charge in [-0.2, -0.15) is 0 Å². The molecule has 0 saturated carbocycles. The van der Waals surface area contributed by atoms with Gasteiger partial charge in [-0.15, -0.1) is 0 Å². The first-order valence-electron chi connectivity index (χ1n) is 11.6. The molecule has 0 aromatic heterocycles. The van der Waals surface area contributed by atoms with Crippen LogP contribution in [0, 0.1) is 5.92 Å². The van der Waals surface area contributed by atoms with E-state index in [0.29, 0.717) is 18.4 Å². The maximum atomic E-state index is 12.8. The molecule has 0 radical (unpaired) electrons. The molecule has 3 fully saturated rings. The molecule has 5 heteroatoms. The molecule has 158 valence electrons. The molecular formula is C24H35N3O2. The minimum Gasteiger partial charge on any atom is -0.343 e. The van der Waals surface area contributed by atoms with Crippen LogP contribution in [-0.2, 0) is 16.0 Å². The van der Waals surface area contributed by atoms with E-state index in [1.807, 2.05) is 18.2 Å². The van der Waals surface area contributed by atoms with Gasteiger partial charge in [-0.05, 0) is 57.1 Å². The fourth-order valence-corrected chi connectivity index (χ4v) is 5.27. The van der Waals surface area contributed by atoms with Crippen LogP contribution < -0.4 is 0 Å². The highest BCUT2D eigenvalue weighted by atomic mass is 16.2. The number of benzene rings is 1. The van der Waals surface area contributed by atoms with E-state index >= 15 is 0 Å². The number of carbonyl (C=O) groups is 2. The molecule has 29 heavy (non-hydrogen) atoms. The van der Waals surface area contributed by atoms with E-state index in [9.17, 15) is 9.59 Å². The summed E-state index contributed by atoms with van der Waals surface area (Å²) < 4.78 is 0. The van der Waals surface area contributed by atoms with Crippen LogP contribution in [0.3, 0.4) is 0 Å². The third-order valence-electron chi connectivity index (χ3n) is 7.02. The van der Waals surface area contributed by atoms with Crippen molar-refractivity contribution in [1.29, 1.82) is 0 Å². The molecule has 0 aliphatic carbocycles. The van der Waals surface area contributed by atoms with Crippen LogP contribution in [-0.4, -0.2) is 71.8 Å². The number of likely N-dealkylation sites (tertiary alicyclic amines) is 3. The van der Waals surface area contributed by atoms with Gasteiger partial charge in [-0.25, -0.2) is 0 Å². The third-order valence-corrected chi connectivity index (χ3v) is 7.02. The van der Waals surface area contributed by atoms with Gasteiger partial charge >= 0.3 is 0 Å². The topological polar surface area (TPSA) is 43.9 Å². The van der Waals surface area contributed by atoms with E-state index in [1.165, 1.54) is 18.4 Å². The van der Waals surface area contributed by atoms with Gasteiger partial charge in [0.05, 0.1) is 5.92 Å². The Bertz CT molecular complexity index is 679. The fourth-order valence-electron chi connectivity index (χ4n) is 5.27. The molecule has 0 bridgehead atoms. The molecule has 3 heterocycles. The van der Waals surface area contributed by atoms with Crippen molar-refractivity contribution in [3.05, 3.63) is 35.9 Å². The van der Waals surface area contributed by atoms with Gasteiger partial charge in [0, 0.05) is 45.2 Å². The van der Waals surface area contributed by atoms with Crippen molar-refractivity contribution in [2.45, 2.75) is 57.4 Å². The Kier molecular flexibility index (Phi) is 6.86. The summed E-state index contributed by atoms with van der Waals surface area (Å²) in [5, 5.41) is 0. The van der Waals surface area contributed by atoms with Crippen LogP contribution in [0.4, 0.5) is 0 Å². The quantitative estimate of drug-likeness (QED) is 0.767. The summed E-state index contributed by atoms with van der Waals surface area (Å²) >= 11 is 0. The minimum absolute atomic E-state index is 0.187. The van der Waals surface area contributed by atoms with Gasteiger partial charge in [-0.3, -0.25) is 14.5 Å². The summed E-state index contributed by atoms with van der Waals surface area (Å²) in [6.07, 6.45) is 8.02. The molecular weight excluding hydrogens is 362 g/mol. The van der Waals surface area contributed by atoms with Crippen LogP contribution in [0.25, 0.3) is 0 Å². The maximum Gasteiger partial charge on any atom is 0.226 e. The Morgan fingerprint density at radius 1 is 0.828 bits per heavy atom. The van der Waals surface area contributed by atoms with E-state index in [0.717, 1.165) is 71.4 Å². The van der Waals surface area contributed by atoms with E-state index in [-0.39, 0.29) is 11.8 Å². The highest BCUT2D eigenvalue weighted by Crippen LogP contribution is 2.26. The van der Waals surface area contributed by atoms with Crippen molar-refractivity contribution in [3.63, 3.8) is 0 Å². The second-order valence-corrected chi connectivity index (χ2v) is 8.96. The van der Waals surface area contributed by atoms with Crippen LogP contribution in [0.5, 0.6) is 0 Å². The average molecular weight is 398 g/mol. The van der Waals surface area contributed by atoms with Crippen LogP contribution >= 0.6 is 0 Å². The van der Waals surface area contributed by atoms with Gasteiger partial charge in [0.15, 0.2) is 0 Å². The van der Waals surface area contributed by atoms with Crippen LogP contribution in [0.2, 0.25) is 0 Å². The summed E-state index contributed by atoms with van der Waals surface area (Å²) in [5.74, 6) is 0.862. The van der Waals surface area contributed by atoms with Gasteiger partial charge in [0.25, 0.3) is 0 Å². The first kappa shape index (κ1) is 20.4. The zero-order valence-corrected chi connectivity index (χ0v) is 17.6. The van der Waals surface area contributed by atoms with Gasteiger partial charge in [0.1, 0.15) is 0 Å². The lowest BCUT2D eigenvalue weighted by Gasteiger charge is -2.42. The highest BCUT2D eigenvalue weighted by molar-refractivity contribution is 5.79. The van der Waals surface area contributed by atoms with Crippen molar-refractivity contribution in [3.8, 4) is 0 Å². The molecule has 0 unspecified atom stereocenters. The Morgan fingerprint density at radius 3 is 2.28 bits per heavy atom. The summed E-state index contributed by atoms with van der Waals surface area (Å²) in [6, 6.07) is 10.8. The monoisotopic (exact) mass is 397 g/mol. The lowest BCUT2D eigenvalue weighted by molar-refractivity contribution is -0.136. The number of carbonyl (C=O) groups excluding carboxylic acids is 2. The fraction of sp³-hybridized carbons (Fsp3) is 0.667. The largest absolute Gasteiger partial charge is 0.343 e. The molecule has 4 rings (SSSR count). The molecule has 0 N–H and O–H groups in total. The summed E-state index contributed by atoms with van der Waals surface area (Å²) in [4.78, 5) is 32.1. The maximum absolute atomic E-state index is 12.8. The predicted molar refractivity (Wildman–Crippen MR) is 114 cm³/mol. The highest BCUT2D eigenvalue weighted by Gasteiger charge is 2.34. The number of aryl methyl sites for hydroxylation is 1. The number of hydrogen-bond donors (Lipinski definition) is 0. The summed E-state index contributed by atoms with van der Waals surface area (Å²) in [5.41, 5.74) is 1.23. The molecule has 5 nitrogen and oxygen atoms in total. The number of nitrogens with zero attached hydrogens (tertiary/aromatic N) is 3. The minimum atomic E-state index is 0.187. The molecule has 3 aliphatic rings. The molecule has 3 saturated heterocycles. The Morgan fingerprint density at radius 2 is 1.55 bits per heavy atom. The van der Waals surface area contributed by atoms with Gasteiger partial charge in [-0.1, -0.05) is 30.3 Å². The molecule has 1 aromatic carbocycles. The standard InChI is InChI=1S/C24H35N3O2/c28-23(11-10-20-7-2-1-3-8-20)25-17-12-22(13-18-25)27-16-6-9-21(19-27)24(29)26-14-4-5-15-26/h1-3,7-8,21-22H,4-6,9-19H2/t21-/m0/s1. The van der Waals surface area contributed by atoms with Crippen LogP contribution in [0.1, 0.15) is 50.5 Å². The normalized spacial score (nSPS) is 24.1. The first-order valence-corrected chi connectivity index (χ1v) is 11.6. The summed E-state index contributed by atoms with van der Waals surface area (Å²) in [7, 11) is 0. The zero-order chi connectivity index (χ0) is 20.1. The average Bonchev–Trinajstić information content (AvgIpc) is 3.33. The van der Waals surface area contributed by atoms with Gasteiger partial charge in [0.2, 0.25) is 11.8 Å². The SMILES string of the molecule is O=C(CCc1ccccc1)N1CCC(N2CCC[C@H](C(=O)N3CCCC3)C2)CC1. The van der Waals surface area contributed by atoms with E-state index < -0.39 is 0 Å². The second kappa shape index (κ2) is 9.75. The Hall–Kier alpha value is -1.88. The molecule has 0 spiro atoms. The van der Waals surface area contributed by atoms with Crippen molar-refractivity contribution < 1.29 is 9.59 Å². The van der Waals surface area contributed by atoms with Crippen LogP contribution in [0.15, 0.2) is 30.3 Å². The predicted octanol–water partition coefficient (Wildman–Crippen LogP) is 2.94. The number of amides is 2. The van der Waals surface area contributed by atoms with Crippen molar-refractivity contribution in [1.82, 2.24) is 14.7 Å². The van der Waals surface area contributed by atoms with Crippen molar-refractivity contribution in [2.75, 3.05) is 39.3 Å². The molecule has 3 aliphatic heterocycles. The molecule has 2 amide bonds. The van der Waals surface area contributed by atoms with E-state index in [4.69, 9.17) is 0 Å². The number of piperidine rings is 2. The molecule has 1 atom stereocenters. The van der Waals surface area contributed by atoms with Crippen molar-refractivity contribution >= 4 is 11.8 Å². The van der Waals surface area contributed by atoms with Gasteiger partial charge < -0.3 is 9.80 Å². The number of rotatable bonds is 5. The molecule has 1 aromatic rings. The Labute approximate surface area is 175 Å². The van der Waals surface area contributed by atoms with E-state index in [2.05, 4.69) is 26.8 Å². The Balaban J connectivity index is 1.22. The summed E-state index contributed by atoms with van der Waals surface area (Å²) in [6.45, 7) is 5.66. The lowest BCUT2D eigenvalue weighted by atomic mass is 9.92. The van der Waals surface area contributed by atoms with Crippen molar-refractivity contribution in [2.24, 2.45) is 5.92 Å². The first-order chi connectivity index (χ1) is 14.2. The second-order valence-electron chi connectivity index (χ2n) is 8.96. The van der Waals surface area contributed by atoms with E-state index in [1.54, 1.807) is 0 Å². The third kappa shape index (κ3) is 5.19.